The van der Waals surface area contributed by atoms with Crippen LogP contribution in [0.1, 0.15) is 17.2 Å². The standard InChI is InChI=1S/C9H11F3N2O2/c1-6-2-7(3-15)14-8(13-6)4-16-5-9(10,11)12/h2,15H,3-5H2,1H3. The Bertz CT molecular complexity index is 355. The molecule has 0 saturated carbocycles. The number of alkyl halides is 3. The van der Waals surface area contributed by atoms with Gasteiger partial charge in [-0.1, -0.05) is 0 Å². The first kappa shape index (κ1) is 12.9. The molecular weight excluding hydrogens is 225 g/mol. The Morgan fingerprint density at radius 3 is 2.62 bits per heavy atom. The minimum atomic E-state index is -4.36. The van der Waals surface area contributed by atoms with E-state index in [1.165, 1.54) is 0 Å². The fraction of sp³-hybridized carbons (Fsp3) is 0.556. The molecule has 16 heavy (non-hydrogen) atoms. The molecule has 90 valence electrons. The molecule has 1 aromatic rings. The van der Waals surface area contributed by atoms with Crippen LogP contribution >= 0.6 is 0 Å². The number of nitrogens with zero attached hydrogens (tertiary/aromatic N) is 2. The summed E-state index contributed by atoms with van der Waals surface area (Å²) in [6.07, 6.45) is -4.36. The first-order valence-electron chi connectivity index (χ1n) is 4.49. The van der Waals surface area contributed by atoms with Crippen molar-refractivity contribution in [3.05, 3.63) is 23.3 Å². The normalized spacial score (nSPS) is 11.8. The van der Waals surface area contributed by atoms with E-state index in [1.54, 1.807) is 13.0 Å². The molecule has 0 radical (unpaired) electrons. The van der Waals surface area contributed by atoms with Gasteiger partial charge in [0.05, 0.1) is 12.3 Å². The van der Waals surface area contributed by atoms with Crippen LogP contribution in [0, 0.1) is 6.92 Å². The summed E-state index contributed by atoms with van der Waals surface area (Å²) in [6.45, 7) is -0.281. The minimum absolute atomic E-state index is 0.133. The van der Waals surface area contributed by atoms with Crippen LogP contribution in [0.5, 0.6) is 0 Å². The molecule has 7 heteroatoms. The fourth-order valence-electron chi connectivity index (χ4n) is 1.10. The number of hydrogen-bond acceptors (Lipinski definition) is 4. The first-order chi connectivity index (χ1) is 7.40. The second-order valence-corrected chi connectivity index (χ2v) is 3.18. The van der Waals surface area contributed by atoms with Gasteiger partial charge in [-0.2, -0.15) is 13.2 Å². The zero-order valence-electron chi connectivity index (χ0n) is 8.58. The highest BCUT2D eigenvalue weighted by Gasteiger charge is 2.27. The number of halogens is 3. The molecule has 0 unspecified atom stereocenters. The predicted molar refractivity (Wildman–Crippen MR) is 48.4 cm³/mol. The maximum atomic E-state index is 11.8. The number of hydrogen-bond donors (Lipinski definition) is 1. The Labute approximate surface area is 90.1 Å². The molecule has 4 nitrogen and oxygen atoms in total. The molecule has 0 atom stereocenters. The monoisotopic (exact) mass is 236 g/mol. The average Bonchev–Trinajstić information content (AvgIpc) is 2.14. The summed E-state index contributed by atoms with van der Waals surface area (Å²) in [5.41, 5.74) is 0.933. The highest BCUT2D eigenvalue weighted by molar-refractivity contribution is 5.08. The van der Waals surface area contributed by atoms with Crippen molar-refractivity contribution in [2.45, 2.75) is 26.3 Å². The van der Waals surface area contributed by atoms with Crippen molar-refractivity contribution >= 4 is 0 Å². The van der Waals surface area contributed by atoms with Gasteiger partial charge < -0.3 is 9.84 Å². The van der Waals surface area contributed by atoms with Gasteiger partial charge in [0, 0.05) is 5.69 Å². The molecule has 0 fully saturated rings. The molecule has 0 spiro atoms. The van der Waals surface area contributed by atoms with Crippen LogP contribution in [0.2, 0.25) is 0 Å². The quantitative estimate of drug-likeness (QED) is 0.857. The fourth-order valence-corrected chi connectivity index (χ4v) is 1.10. The number of aromatic nitrogens is 2. The van der Waals surface area contributed by atoms with Crippen molar-refractivity contribution in [2.24, 2.45) is 0 Å². The topological polar surface area (TPSA) is 55.2 Å². The van der Waals surface area contributed by atoms with Gasteiger partial charge in [-0.3, -0.25) is 0 Å². The molecule has 0 aliphatic carbocycles. The van der Waals surface area contributed by atoms with Gasteiger partial charge in [0.25, 0.3) is 0 Å². The van der Waals surface area contributed by atoms with Crippen LogP contribution in [-0.2, 0) is 18.0 Å². The third-order valence-corrected chi connectivity index (χ3v) is 1.61. The van der Waals surface area contributed by atoms with Gasteiger partial charge in [0.15, 0.2) is 5.82 Å². The van der Waals surface area contributed by atoms with E-state index in [-0.39, 0.29) is 19.0 Å². The lowest BCUT2D eigenvalue weighted by Crippen LogP contribution is -2.17. The minimum Gasteiger partial charge on any atom is -0.390 e. The van der Waals surface area contributed by atoms with Crippen LogP contribution < -0.4 is 0 Å². The molecule has 1 aromatic heterocycles. The molecule has 1 heterocycles. The van der Waals surface area contributed by atoms with E-state index < -0.39 is 12.8 Å². The third kappa shape index (κ3) is 4.54. The van der Waals surface area contributed by atoms with E-state index in [4.69, 9.17) is 5.11 Å². The van der Waals surface area contributed by atoms with Crippen LogP contribution in [0.3, 0.4) is 0 Å². The van der Waals surface area contributed by atoms with E-state index in [2.05, 4.69) is 14.7 Å². The van der Waals surface area contributed by atoms with Crippen LogP contribution in [-0.4, -0.2) is 27.9 Å². The highest BCUT2D eigenvalue weighted by atomic mass is 19.4. The van der Waals surface area contributed by atoms with E-state index in [0.29, 0.717) is 11.4 Å². The van der Waals surface area contributed by atoms with Gasteiger partial charge in [-0.05, 0) is 13.0 Å². The lowest BCUT2D eigenvalue weighted by atomic mass is 10.3. The van der Waals surface area contributed by atoms with Crippen LogP contribution in [0.4, 0.5) is 13.2 Å². The second kappa shape index (κ2) is 5.22. The van der Waals surface area contributed by atoms with E-state index in [1.807, 2.05) is 0 Å². The maximum absolute atomic E-state index is 11.8. The van der Waals surface area contributed by atoms with Gasteiger partial charge in [-0.15, -0.1) is 0 Å². The molecular formula is C9H11F3N2O2. The number of aliphatic hydroxyl groups is 1. The summed E-state index contributed by atoms with van der Waals surface area (Å²) in [5, 5.41) is 8.83. The molecule has 0 saturated heterocycles. The van der Waals surface area contributed by atoms with E-state index >= 15 is 0 Å². The Morgan fingerprint density at radius 1 is 1.38 bits per heavy atom. The van der Waals surface area contributed by atoms with Crippen LogP contribution in [0.15, 0.2) is 6.07 Å². The highest BCUT2D eigenvalue weighted by Crippen LogP contribution is 2.15. The number of aliphatic hydroxyl groups excluding tert-OH is 1. The van der Waals surface area contributed by atoms with Gasteiger partial charge in [0.2, 0.25) is 0 Å². The van der Waals surface area contributed by atoms with Crippen molar-refractivity contribution in [3.8, 4) is 0 Å². The summed E-state index contributed by atoms with van der Waals surface area (Å²) in [6, 6.07) is 1.55. The Balaban J connectivity index is 2.57. The molecule has 0 bridgehead atoms. The largest absolute Gasteiger partial charge is 0.411 e. The van der Waals surface area contributed by atoms with Crippen molar-refractivity contribution in [1.29, 1.82) is 0 Å². The lowest BCUT2D eigenvalue weighted by Gasteiger charge is -2.07. The van der Waals surface area contributed by atoms with Crippen molar-refractivity contribution < 1.29 is 23.0 Å². The number of ether oxygens (including phenoxy) is 1. The Hall–Kier alpha value is -1.21. The summed E-state index contributed by atoms with van der Waals surface area (Å²) >= 11 is 0. The third-order valence-electron chi connectivity index (χ3n) is 1.61. The van der Waals surface area contributed by atoms with Gasteiger partial charge in [0.1, 0.15) is 13.2 Å². The molecule has 0 amide bonds. The van der Waals surface area contributed by atoms with E-state index in [9.17, 15) is 13.2 Å². The molecule has 1 N–H and O–H groups in total. The van der Waals surface area contributed by atoms with Gasteiger partial charge >= 0.3 is 6.18 Å². The molecule has 1 rings (SSSR count). The molecule has 0 aliphatic rings. The summed E-state index contributed by atoms with van der Waals surface area (Å²) in [4.78, 5) is 7.70. The summed E-state index contributed by atoms with van der Waals surface area (Å²) in [7, 11) is 0. The number of rotatable bonds is 4. The first-order valence-corrected chi connectivity index (χ1v) is 4.49. The summed E-state index contributed by atoms with van der Waals surface area (Å²) < 4.78 is 39.7. The van der Waals surface area contributed by atoms with E-state index in [0.717, 1.165) is 0 Å². The zero-order valence-corrected chi connectivity index (χ0v) is 8.58. The molecule has 0 aliphatic heterocycles. The van der Waals surface area contributed by atoms with Crippen molar-refractivity contribution in [2.75, 3.05) is 6.61 Å². The average molecular weight is 236 g/mol. The Kier molecular flexibility index (Phi) is 4.19. The lowest BCUT2D eigenvalue weighted by molar-refractivity contribution is -0.177. The molecule has 0 aromatic carbocycles. The SMILES string of the molecule is Cc1cc(CO)nc(COCC(F)(F)F)n1. The second-order valence-electron chi connectivity index (χ2n) is 3.18. The van der Waals surface area contributed by atoms with Gasteiger partial charge in [-0.25, -0.2) is 9.97 Å². The predicted octanol–water partition coefficient (Wildman–Crippen LogP) is 1.36. The van der Waals surface area contributed by atoms with Crippen LogP contribution in [0.25, 0.3) is 0 Å². The maximum Gasteiger partial charge on any atom is 0.411 e. The summed E-state index contributed by atoms with van der Waals surface area (Å²) in [5.74, 6) is 0.133. The van der Waals surface area contributed by atoms with Crippen molar-refractivity contribution in [1.82, 2.24) is 9.97 Å². The Morgan fingerprint density at radius 2 is 2.06 bits per heavy atom. The smallest absolute Gasteiger partial charge is 0.390 e. The number of aryl methyl sites for hydroxylation is 1. The zero-order chi connectivity index (χ0) is 12.2. The van der Waals surface area contributed by atoms with Crippen molar-refractivity contribution in [3.63, 3.8) is 0 Å².